The van der Waals surface area contributed by atoms with Crippen LogP contribution < -0.4 is 5.73 Å². The molecular formula is C10H9NO3. The van der Waals surface area contributed by atoms with Crippen LogP contribution >= 0.6 is 0 Å². The normalized spacial score (nSPS) is 10.6. The average Bonchev–Trinajstić information content (AvgIpc) is 2.60. The number of rotatable bonds is 2. The van der Waals surface area contributed by atoms with E-state index in [0.29, 0.717) is 12.1 Å². The smallest absolute Gasteiger partial charge is 0.371 e. The summed E-state index contributed by atoms with van der Waals surface area (Å²) in [4.78, 5) is 10.6. The number of hydrogen-bond acceptors (Lipinski definition) is 3. The Labute approximate surface area is 79.9 Å². The lowest BCUT2D eigenvalue weighted by molar-refractivity contribution is 0.0665. The molecule has 0 amide bonds. The minimum atomic E-state index is -1.07. The van der Waals surface area contributed by atoms with Crippen molar-refractivity contribution >= 4 is 16.9 Å². The zero-order valence-electron chi connectivity index (χ0n) is 7.36. The molecule has 0 bridgehead atoms. The highest BCUT2D eigenvalue weighted by Crippen LogP contribution is 2.22. The third kappa shape index (κ3) is 1.25. The van der Waals surface area contributed by atoms with E-state index in [1.165, 1.54) is 6.07 Å². The molecule has 14 heavy (non-hydrogen) atoms. The highest BCUT2D eigenvalue weighted by atomic mass is 16.4. The minimum absolute atomic E-state index is 0.0547. The first-order valence-electron chi connectivity index (χ1n) is 4.17. The van der Waals surface area contributed by atoms with Crippen LogP contribution in [0.2, 0.25) is 0 Å². The largest absolute Gasteiger partial charge is 0.475 e. The number of hydrogen-bond donors (Lipinski definition) is 2. The number of nitrogens with two attached hydrogens (primary N) is 1. The van der Waals surface area contributed by atoms with Crippen LogP contribution in [0.5, 0.6) is 0 Å². The molecule has 0 aliphatic rings. The van der Waals surface area contributed by atoms with Crippen LogP contribution in [0.1, 0.15) is 16.1 Å². The molecule has 3 N–H and O–H groups in total. The standard InChI is InChI=1S/C10H9NO3/c11-5-6-2-1-3-8-7(6)4-9(14-8)10(12)13/h1-4H,5,11H2,(H,12,13). The maximum absolute atomic E-state index is 10.6. The molecule has 0 aliphatic carbocycles. The number of fused-ring (bicyclic) bond motifs is 1. The third-order valence-corrected chi connectivity index (χ3v) is 2.08. The van der Waals surface area contributed by atoms with Gasteiger partial charge in [-0.25, -0.2) is 4.79 Å². The minimum Gasteiger partial charge on any atom is -0.475 e. The number of carboxylic acid groups (broad SMARTS) is 1. The van der Waals surface area contributed by atoms with Gasteiger partial charge in [-0.3, -0.25) is 0 Å². The number of furan rings is 1. The van der Waals surface area contributed by atoms with Gasteiger partial charge in [0.1, 0.15) is 5.58 Å². The van der Waals surface area contributed by atoms with Gasteiger partial charge < -0.3 is 15.3 Å². The zero-order chi connectivity index (χ0) is 10.1. The van der Waals surface area contributed by atoms with Crippen molar-refractivity contribution in [3.63, 3.8) is 0 Å². The van der Waals surface area contributed by atoms with Crippen molar-refractivity contribution in [2.75, 3.05) is 0 Å². The summed E-state index contributed by atoms with van der Waals surface area (Å²) in [6.45, 7) is 0.371. The quantitative estimate of drug-likeness (QED) is 0.755. The second kappa shape index (κ2) is 3.16. The third-order valence-electron chi connectivity index (χ3n) is 2.08. The van der Waals surface area contributed by atoms with Crippen LogP contribution in [0.15, 0.2) is 28.7 Å². The lowest BCUT2D eigenvalue weighted by Crippen LogP contribution is -1.95. The van der Waals surface area contributed by atoms with Gasteiger partial charge in [0.25, 0.3) is 0 Å². The maximum atomic E-state index is 10.6. The predicted octanol–water partition coefficient (Wildman–Crippen LogP) is 1.59. The molecule has 0 spiro atoms. The van der Waals surface area contributed by atoms with Crippen LogP contribution in [0.25, 0.3) is 11.0 Å². The summed E-state index contributed by atoms with van der Waals surface area (Å²) < 4.78 is 5.12. The second-order valence-electron chi connectivity index (χ2n) is 2.95. The van der Waals surface area contributed by atoms with E-state index >= 15 is 0 Å². The van der Waals surface area contributed by atoms with Crippen LogP contribution in [-0.4, -0.2) is 11.1 Å². The molecule has 1 aromatic carbocycles. The molecular weight excluding hydrogens is 182 g/mol. The summed E-state index contributed by atoms with van der Waals surface area (Å²) in [7, 11) is 0. The van der Waals surface area contributed by atoms with Crippen LogP contribution in [0.4, 0.5) is 0 Å². The first kappa shape index (κ1) is 8.77. The molecule has 4 heteroatoms. The van der Waals surface area contributed by atoms with E-state index in [1.54, 1.807) is 12.1 Å². The highest BCUT2D eigenvalue weighted by Gasteiger charge is 2.11. The van der Waals surface area contributed by atoms with E-state index < -0.39 is 5.97 Å². The van der Waals surface area contributed by atoms with E-state index in [2.05, 4.69) is 0 Å². The molecule has 0 saturated carbocycles. The van der Waals surface area contributed by atoms with E-state index in [0.717, 1.165) is 10.9 Å². The van der Waals surface area contributed by atoms with Gasteiger partial charge in [0.05, 0.1) is 0 Å². The number of carbonyl (C=O) groups is 1. The van der Waals surface area contributed by atoms with Crippen molar-refractivity contribution in [2.45, 2.75) is 6.54 Å². The fourth-order valence-corrected chi connectivity index (χ4v) is 1.40. The van der Waals surface area contributed by atoms with Gasteiger partial charge in [-0.05, 0) is 17.7 Å². The van der Waals surface area contributed by atoms with Gasteiger partial charge in [-0.2, -0.15) is 0 Å². The molecule has 4 nitrogen and oxygen atoms in total. The molecule has 0 atom stereocenters. The van der Waals surface area contributed by atoms with Crippen LogP contribution in [-0.2, 0) is 6.54 Å². The van der Waals surface area contributed by atoms with Gasteiger partial charge in [0, 0.05) is 11.9 Å². The first-order chi connectivity index (χ1) is 6.72. The molecule has 0 saturated heterocycles. The van der Waals surface area contributed by atoms with Crippen molar-refractivity contribution in [2.24, 2.45) is 5.73 Å². The number of aromatic carboxylic acids is 1. The molecule has 0 radical (unpaired) electrons. The van der Waals surface area contributed by atoms with Crippen molar-refractivity contribution in [1.29, 1.82) is 0 Å². The van der Waals surface area contributed by atoms with E-state index in [9.17, 15) is 4.79 Å². The van der Waals surface area contributed by atoms with Gasteiger partial charge in [0.2, 0.25) is 5.76 Å². The summed E-state index contributed by atoms with van der Waals surface area (Å²) in [5, 5.41) is 9.50. The van der Waals surface area contributed by atoms with Crippen molar-refractivity contribution in [3.8, 4) is 0 Å². The molecule has 1 heterocycles. The van der Waals surface area contributed by atoms with Gasteiger partial charge in [0.15, 0.2) is 0 Å². The van der Waals surface area contributed by atoms with Gasteiger partial charge in [-0.1, -0.05) is 12.1 Å². The Hall–Kier alpha value is -1.81. The van der Waals surface area contributed by atoms with Crippen molar-refractivity contribution in [3.05, 3.63) is 35.6 Å². The molecule has 2 rings (SSSR count). The summed E-state index contributed by atoms with van der Waals surface area (Å²) >= 11 is 0. The van der Waals surface area contributed by atoms with Gasteiger partial charge >= 0.3 is 5.97 Å². The molecule has 2 aromatic rings. The lowest BCUT2D eigenvalue weighted by Gasteiger charge is -1.95. The Morgan fingerprint density at radius 2 is 2.29 bits per heavy atom. The number of carboxylic acids is 1. The molecule has 0 aliphatic heterocycles. The SMILES string of the molecule is NCc1cccc2oc(C(=O)O)cc12. The molecule has 0 unspecified atom stereocenters. The van der Waals surface area contributed by atoms with Crippen LogP contribution in [0.3, 0.4) is 0 Å². The van der Waals surface area contributed by atoms with E-state index in [4.69, 9.17) is 15.3 Å². The van der Waals surface area contributed by atoms with Gasteiger partial charge in [-0.15, -0.1) is 0 Å². The fraction of sp³-hybridized carbons (Fsp3) is 0.100. The van der Waals surface area contributed by atoms with E-state index in [1.807, 2.05) is 6.07 Å². The monoisotopic (exact) mass is 191 g/mol. The first-order valence-corrected chi connectivity index (χ1v) is 4.17. The van der Waals surface area contributed by atoms with Crippen molar-refractivity contribution in [1.82, 2.24) is 0 Å². The Kier molecular flexibility index (Phi) is 1.98. The lowest BCUT2D eigenvalue weighted by atomic mass is 10.1. The predicted molar refractivity (Wildman–Crippen MR) is 51.1 cm³/mol. The Bertz CT molecular complexity index is 487. The summed E-state index contributed by atoms with van der Waals surface area (Å²) in [6.07, 6.45) is 0. The number of benzene rings is 1. The molecule has 1 aromatic heterocycles. The summed E-state index contributed by atoms with van der Waals surface area (Å²) in [5.74, 6) is -1.12. The second-order valence-corrected chi connectivity index (χ2v) is 2.95. The van der Waals surface area contributed by atoms with E-state index in [-0.39, 0.29) is 5.76 Å². The Balaban J connectivity index is 2.70. The topological polar surface area (TPSA) is 76.5 Å². The Morgan fingerprint density at radius 1 is 1.50 bits per heavy atom. The highest BCUT2D eigenvalue weighted by molar-refractivity contribution is 5.92. The molecule has 72 valence electrons. The van der Waals surface area contributed by atoms with Crippen molar-refractivity contribution < 1.29 is 14.3 Å². The fourth-order valence-electron chi connectivity index (χ4n) is 1.40. The summed E-state index contributed by atoms with van der Waals surface area (Å²) in [5.41, 5.74) is 6.96. The van der Waals surface area contributed by atoms with Crippen LogP contribution in [0, 0.1) is 0 Å². The average molecular weight is 191 g/mol. The maximum Gasteiger partial charge on any atom is 0.371 e. The molecule has 0 fully saturated rings. The Morgan fingerprint density at radius 3 is 2.93 bits per heavy atom. The summed E-state index contributed by atoms with van der Waals surface area (Å²) in [6, 6.07) is 6.87. The zero-order valence-corrected chi connectivity index (χ0v) is 7.36.